The van der Waals surface area contributed by atoms with Crippen LogP contribution in [0, 0.1) is 11.2 Å². The number of benzene rings is 1. The van der Waals surface area contributed by atoms with Crippen molar-refractivity contribution in [3.8, 4) is 0 Å². The van der Waals surface area contributed by atoms with E-state index in [1.54, 1.807) is 47.2 Å². The lowest BCUT2D eigenvalue weighted by Crippen LogP contribution is -2.44. The maximum atomic E-state index is 14.2. The molecule has 37 heavy (non-hydrogen) atoms. The fourth-order valence-corrected chi connectivity index (χ4v) is 5.48. The van der Waals surface area contributed by atoms with Gasteiger partial charge in [-0.1, -0.05) is 23.7 Å². The molecule has 5 rings (SSSR count). The third-order valence-electron chi connectivity index (χ3n) is 7.11. The Morgan fingerprint density at radius 1 is 1.24 bits per heavy atom. The summed E-state index contributed by atoms with van der Waals surface area (Å²) in [4.78, 5) is 44.2. The number of piperidine rings is 1. The van der Waals surface area contributed by atoms with Crippen LogP contribution in [0.3, 0.4) is 0 Å². The van der Waals surface area contributed by atoms with Crippen molar-refractivity contribution in [3.63, 3.8) is 0 Å². The number of alkyl carbamates (subject to hydrolysis) is 1. The predicted octanol–water partition coefficient (Wildman–Crippen LogP) is 3.92. The van der Waals surface area contributed by atoms with Gasteiger partial charge in [0.2, 0.25) is 5.91 Å². The number of methoxy groups -OCH3 is 1. The number of aromatic nitrogens is 2. The Kier molecular flexibility index (Phi) is 6.63. The molecule has 1 saturated heterocycles. The van der Waals surface area contributed by atoms with Gasteiger partial charge in [0, 0.05) is 60.4 Å². The highest BCUT2D eigenvalue weighted by molar-refractivity contribution is 6.30. The molecule has 2 fully saturated rings. The second-order valence-corrected chi connectivity index (χ2v) is 9.96. The van der Waals surface area contributed by atoms with Gasteiger partial charge < -0.3 is 24.3 Å². The van der Waals surface area contributed by atoms with Crippen LogP contribution in [0.5, 0.6) is 0 Å². The zero-order valence-electron chi connectivity index (χ0n) is 20.4. The van der Waals surface area contributed by atoms with E-state index in [9.17, 15) is 18.8 Å². The Bertz CT molecular complexity index is 1390. The summed E-state index contributed by atoms with van der Waals surface area (Å²) in [6, 6.07) is 7.92. The SMILES string of the molecule is COC[C@@]12C[C@H](OC(=O)NCc3cccc(Cl)c3F)N(C(=O)Cn3cc(C(C)=O)c4cccnc43)[C@@H]1C2. The summed E-state index contributed by atoms with van der Waals surface area (Å²) < 4.78 is 26.8. The molecule has 3 atom stereocenters. The van der Waals surface area contributed by atoms with Crippen LogP contribution >= 0.6 is 11.6 Å². The number of nitrogens with one attached hydrogen (secondary N) is 1. The molecule has 0 spiro atoms. The topological polar surface area (TPSA) is 103 Å². The summed E-state index contributed by atoms with van der Waals surface area (Å²) in [6.45, 7) is 1.71. The second-order valence-electron chi connectivity index (χ2n) is 9.55. The van der Waals surface area contributed by atoms with Crippen molar-refractivity contribution in [2.75, 3.05) is 13.7 Å². The van der Waals surface area contributed by atoms with E-state index in [-0.39, 0.29) is 46.8 Å². The lowest BCUT2D eigenvalue weighted by Gasteiger charge is -2.27. The first-order chi connectivity index (χ1) is 17.7. The normalized spacial score (nSPS) is 22.1. The predicted molar refractivity (Wildman–Crippen MR) is 132 cm³/mol. The number of ether oxygens (including phenoxy) is 2. The monoisotopic (exact) mass is 528 g/mol. The van der Waals surface area contributed by atoms with E-state index in [4.69, 9.17) is 21.1 Å². The number of halogens is 2. The van der Waals surface area contributed by atoms with Crippen molar-refractivity contribution in [2.24, 2.45) is 5.41 Å². The minimum Gasteiger partial charge on any atom is -0.425 e. The number of carbonyl (C=O) groups excluding carboxylic acids is 3. The average Bonchev–Trinajstić information content (AvgIpc) is 3.27. The fraction of sp³-hybridized carbons (Fsp3) is 0.385. The maximum Gasteiger partial charge on any atom is 0.409 e. The zero-order chi connectivity index (χ0) is 26.3. The number of rotatable bonds is 8. The van der Waals surface area contributed by atoms with Gasteiger partial charge in [-0.15, -0.1) is 0 Å². The van der Waals surface area contributed by atoms with Crippen LogP contribution in [0.2, 0.25) is 5.02 Å². The third-order valence-corrected chi connectivity index (χ3v) is 7.40. The van der Waals surface area contributed by atoms with Crippen molar-refractivity contribution in [3.05, 3.63) is 64.7 Å². The van der Waals surface area contributed by atoms with E-state index in [1.807, 2.05) is 0 Å². The van der Waals surface area contributed by atoms with Crippen LogP contribution in [0.1, 0.15) is 35.7 Å². The smallest absolute Gasteiger partial charge is 0.409 e. The molecule has 3 heterocycles. The first-order valence-electron chi connectivity index (χ1n) is 11.9. The van der Waals surface area contributed by atoms with E-state index in [0.29, 0.717) is 29.6 Å². The molecule has 3 aromatic rings. The Morgan fingerprint density at radius 2 is 2.05 bits per heavy atom. The number of amides is 2. The van der Waals surface area contributed by atoms with Crippen LogP contribution < -0.4 is 5.32 Å². The Hall–Kier alpha value is -3.50. The summed E-state index contributed by atoms with van der Waals surface area (Å²) in [6.07, 6.45) is 2.82. The van der Waals surface area contributed by atoms with E-state index in [0.717, 1.165) is 6.42 Å². The summed E-state index contributed by atoms with van der Waals surface area (Å²) in [5, 5.41) is 3.17. The van der Waals surface area contributed by atoms with E-state index < -0.39 is 18.1 Å². The van der Waals surface area contributed by atoms with E-state index in [2.05, 4.69) is 10.3 Å². The number of carbonyl (C=O) groups is 3. The molecule has 11 heteroatoms. The van der Waals surface area contributed by atoms with E-state index >= 15 is 0 Å². The molecule has 1 aliphatic carbocycles. The highest BCUT2D eigenvalue weighted by Crippen LogP contribution is 2.59. The number of Topliss-reactive ketones (excluding diaryl/α,β-unsaturated/α-hetero) is 1. The minimum atomic E-state index is -0.812. The molecule has 0 unspecified atom stereocenters. The van der Waals surface area contributed by atoms with Crippen molar-refractivity contribution in [2.45, 2.75) is 45.1 Å². The first kappa shape index (κ1) is 25.2. The summed E-state index contributed by atoms with van der Waals surface area (Å²) in [5.74, 6) is -1.00. The molecule has 1 aliphatic heterocycles. The molecule has 1 N–H and O–H groups in total. The van der Waals surface area contributed by atoms with Crippen molar-refractivity contribution in [1.82, 2.24) is 19.8 Å². The Labute approximate surface area is 217 Å². The fourth-order valence-electron chi connectivity index (χ4n) is 5.29. The third kappa shape index (κ3) is 4.67. The van der Waals surface area contributed by atoms with Crippen molar-refractivity contribution < 1.29 is 28.2 Å². The number of fused-ring (bicyclic) bond motifs is 2. The van der Waals surface area contributed by atoms with Gasteiger partial charge in [0.15, 0.2) is 12.0 Å². The van der Waals surface area contributed by atoms with Crippen LogP contribution in [-0.4, -0.2) is 58.2 Å². The Balaban J connectivity index is 1.32. The zero-order valence-corrected chi connectivity index (χ0v) is 21.1. The molecule has 0 bridgehead atoms. The highest BCUT2D eigenvalue weighted by atomic mass is 35.5. The molecule has 194 valence electrons. The first-order valence-corrected chi connectivity index (χ1v) is 12.2. The van der Waals surface area contributed by atoms with Gasteiger partial charge in [-0.2, -0.15) is 0 Å². The van der Waals surface area contributed by atoms with E-state index in [1.165, 1.54) is 19.1 Å². The summed E-state index contributed by atoms with van der Waals surface area (Å²) in [7, 11) is 1.59. The molecule has 2 amide bonds. The molecule has 2 aromatic heterocycles. The maximum absolute atomic E-state index is 14.2. The number of hydrogen-bond donors (Lipinski definition) is 1. The van der Waals surface area contributed by atoms with Crippen LogP contribution in [0.25, 0.3) is 11.0 Å². The lowest BCUT2D eigenvalue weighted by molar-refractivity contribution is -0.140. The highest BCUT2D eigenvalue weighted by Gasteiger charge is 2.67. The Morgan fingerprint density at radius 3 is 2.81 bits per heavy atom. The van der Waals surface area contributed by atoms with Gasteiger partial charge in [0.05, 0.1) is 11.6 Å². The quantitative estimate of drug-likeness (QED) is 0.445. The van der Waals surface area contributed by atoms with Gasteiger partial charge >= 0.3 is 6.09 Å². The van der Waals surface area contributed by atoms with Gasteiger partial charge in [0.1, 0.15) is 18.0 Å². The molecule has 2 aliphatic rings. The van der Waals surface area contributed by atoms with Gasteiger partial charge in [0.25, 0.3) is 0 Å². The number of hydrogen-bond acceptors (Lipinski definition) is 6. The number of pyridine rings is 1. The van der Waals surface area contributed by atoms with Crippen LogP contribution in [0.15, 0.2) is 42.7 Å². The van der Waals surface area contributed by atoms with Crippen LogP contribution in [-0.2, 0) is 27.4 Å². The largest absolute Gasteiger partial charge is 0.425 e. The molecule has 1 saturated carbocycles. The second kappa shape index (κ2) is 9.75. The standard InChI is InChI=1S/C26H26ClFN4O5/c1-15(33)18-12-31(24-17(18)6-4-8-29-24)13-21(34)32-20-9-26(20,14-36-2)10-22(32)37-25(35)30-11-16-5-3-7-19(27)23(16)28/h3-8,12,20,22H,9-11,13-14H2,1-2H3,(H,30,35)/t20-,22+,26-/m1/s1. The number of ketones is 1. The average molecular weight is 529 g/mol. The minimum absolute atomic E-state index is 0.0400. The van der Waals surface area contributed by atoms with Gasteiger partial charge in [-0.3, -0.25) is 9.59 Å². The van der Waals surface area contributed by atoms with Crippen molar-refractivity contribution in [1.29, 1.82) is 0 Å². The van der Waals surface area contributed by atoms with Crippen molar-refractivity contribution >= 4 is 40.4 Å². The number of likely N-dealkylation sites (tertiary alicyclic amines) is 1. The molecular weight excluding hydrogens is 503 g/mol. The molecule has 1 aromatic carbocycles. The summed E-state index contributed by atoms with van der Waals surface area (Å²) in [5.41, 5.74) is 0.947. The molecule has 9 nitrogen and oxygen atoms in total. The van der Waals surface area contributed by atoms with Crippen LogP contribution in [0.4, 0.5) is 9.18 Å². The molecular formula is C26H26ClFN4O5. The molecule has 0 radical (unpaired) electrons. The lowest BCUT2D eigenvalue weighted by atomic mass is 10.1. The summed E-state index contributed by atoms with van der Waals surface area (Å²) >= 11 is 5.81. The van der Waals surface area contributed by atoms with Gasteiger partial charge in [-0.05, 0) is 31.5 Å². The number of nitrogens with zero attached hydrogens (tertiary/aromatic N) is 3. The van der Waals surface area contributed by atoms with Gasteiger partial charge in [-0.25, -0.2) is 14.2 Å².